The average molecular weight is 196 g/mol. The minimum atomic E-state index is -3.38. The first kappa shape index (κ1) is 9.80. The summed E-state index contributed by atoms with van der Waals surface area (Å²) in [6, 6.07) is 6.58. The number of rotatable bonds is 3. The molecule has 0 unspecified atom stereocenters. The second-order valence-electron chi connectivity index (χ2n) is 2.65. The third-order valence-corrected chi connectivity index (χ3v) is 2.92. The van der Waals surface area contributed by atoms with E-state index in [4.69, 9.17) is 0 Å². The second-order valence-corrected chi connectivity index (χ2v) is 4.42. The minimum absolute atomic E-state index is 0.241. The molecule has 70 valence electrons. The Morgan fingerprint density at radius 1 is 1.31 bits per heavy atom. The van der Waals surface area contributed by atoms with Gasteiger partial charge in [-0.2, -0.15) is 6.72 Å². The third kappa shape index (κ3) is 2.32. The van der Waals surface area contributed by atoms with Crippen molar-refractivity contribution in [1.82, 2.24) is 0 Å². The SMILES string of the molecule is C=N[CH-]S(=O)(=O)c1ccc(C)cc1. The highest BCUT2D eigenvalue weighted by Gasteiger charge is 2.06. The summed E-state index contributed by atoms with van der Waals surface area (Å²) in [5, 5.41) is 0. The van der Waals surface area contributed by atoms with Crippen LogP contribution in [-0.2, 0) is 9.84 Å². The van der Waals surface area contributed by atoms with Gasteiger partial charge in [0, 0.05) is 0 Å². The van der Waals surface area contributed by atoms with Gasteiger partial charge in [0.15, 0.2) is 0 Å². The van der Waals surface area contributed by atoms with Crippen molar-refractivity contribution in [3.8, 4) is 0 Å². The average Bonchev–Trinajstić information content (AvgIpc) is 2.05. The van der Waals surface area contributed by atoms with Crippen molar-refractivity contribution < 1.29 is 8.42 Å². The summed E-state index contributed by atoms with van der Waals surface area (Å²) in [7, 11) is -3.38. The molecule has 0 spiro atoms. The van der Waals surface area contributed by atoms with Gasteiger partial charge >= 0.3 is 0 Å². The third-order valence-electron chi connectivity index (χ3n) is 1.56. The summed E-state index contributed by atoms with van der Waals surface area (Å²) in [6.07, 6.45) is 0. The molecular weight excluding hydrogens is 186 g/mol. The van der Waals surface area contributed by atoms with E-state index < -0.39 is 9.84 Å². The Balaban J connectivity index is 3.08. The molecule has 0 aliphatic carbocycles. The zero-order valence-corrected chi connectivity index (χ0v) is 8.08. The van der Waals surface area contributed by atoms with Crippen molar-refractivity contribution in [2.24, 2.45) is 4.99 Å². The lowest BCUT2D eigenvalue weighted by atomic mass is 10.2. The molecule has 0 fully saturated rings. The summed E-state index contributed by atoms with van der Waals surface area (Å²) in [5.41, 5.74) is 1.02. The fourth-order valence-electron chi connectivity index (χ4n) is 0.887. The van der Waals surface area contributed by atoms with Gasteiger partial charge in [0.05, 0.1) is 4.90 Å². The van der Waals surface area contributed by atoms with Gasteiger partial charge < -0.3 is 4.99 Å². The smallest absolute Gasteiger partial charge is 0.149 e. The fourth-order valence-corrected chi connectivity index (χ4v) is 1.72. The maximum Gasteiger partial charge on any atom is 0.149 e. The number of aryl methyl sites for hydroxylation is 1. The Morgan fingerprint density at radius 2 is 1.85 bits per heavy atom. The van der Waals surface area contributed by atoms with Gasteiger partial charge in [0.2, 0.25) is 0 Å². The van der Waals surface area contributed by atoms with Crippen molar-refractivity contribution in [2.45, 2.75) is 11.8 Å². The molecule has 0 aliphatic heterocycles. The van der Waals surface area contributed by atoms with Crippen molar-refractivity contribution in [2.75, 3.05) is 0 Å². The molecule has 1 rings (SSSR count). The molecule has 4 heteroatoms. The van der Waals surface area contributed by atoms with Crippen molar-refractivity contribution >= 4 is 16.6 Å². The van der Waals surface area contributed by atoms with Crippen LogP contribution in [0.1, 0.15) is 5.56 Å². The van der Waals surface area contributed by atoms with E-state index in [1.54, 1.807) is 24.3 Å². The van der Waals surface area contributed by atoms with Crippen molar-refractivity contribution in [1.29, 1.82) is 0 Å². The predicted molar refractivity (Wildman–Crippen MR) is 52.2 cm³/mol. The highest BCUT2D eigenvalue weighted by molar-refractivity contribution is 7.93. The summed E-state index contributed by atoms with van der Waals surface area (Å²) >= 11 is 0. The Kier molecular flexibility index (Phi) is 2.72. The highest BCUT2D eigenvalue weighted by atomic mass is 32.2. The Morgan fingerprint density at radius 3 is 2.31 bits per heavy atom. The first-order valence-electron chi connectivity index (χ1n) is 3.67. The highest BCUT2D eigenvalue weighted by Crippen LogP contribution is 2.14. The first-order valence-corrected chi connectivity index (χ1v) is 5.22. The molecule has 0 saturated carbocycles. The first-order chi connectivity index (χ1) is 6.06. The zero-order chi connectivity index (χ0) is 9.90. The molecule has 0 heterocycles. The van der Waals surface area contributed by atoms with E-state index in [0.717, 1.165) is 11.4 Å². The second kappa shape index (κ2) is 3.62. The van der Waals surface area contributed by atoms with E-state index in [9.17, 15) is 8.42 Å². The number of hydrogen-bond acceptors (Lipinski definition) is 3. The van der Waals surface area contributed by atoms with Crippen LogP contribution >= 0.6 is 0 Å². The maximum atomic E-state index is 11.4. The molecule has 1 aromatic carbocycles. The van der Waals surface area contributed by atoms with E-state index >= 15 is 0 Å². The predicted octanol–water partition coefficient (Wildman–Crippen LogP) is 1.59. The molecule has 0 saturated heterocycles. The van der Waals surface area contributed by atoms with Gasteiger partial charge in [0.25, 0.3) is 0 Å². The minimum Gasteiger partial charge on any atom is -0.446 e. The van der Waals surface area contributed by atoms with E-state index in [2.05, 4.69) is 11.7 Å². The molecular formula is C9H10NO2S-. The Labute approximate surface area is 78.0 Å². The summed E-state index contributed by atoms with van der Waals surface area (Å²) in [4.78, 5) is 3.48. The Hall–Kier alpha value is -1.29. The molecule has 0 aliphatic rings. The lowest BCUT2D eigenvalue weighted by molar-refractivity contribution is 0.601. The molecule has 13 heavy (non-hydrogen) atoms. The van der Waals surface area contributed by atoms with Gasteiger partial charge in [-0.05, 0) is 24.9 Å². The topological polar surface area (TPSA) is 46.5 Å². The van der Waals surface area contributed by atoms with Crippen molar-refractivity contribution in [3.05, 3.63) is 35.7 Å². The lowest BCUT2D eigenvalue weighted by Gasteiger charge is -2.05. The van der Waals surface area contributed by atoms with E-state index in [1.807, 2.05) is 6.92 Å². The van der Waals surface area contributed by atoms with Gasteiger partial charge in [0.1, 0.15) is 9.84 Å². The molecule has 0 atom stereocenters. The standard InChI is InChI=1S/C9H10NO2S/c1-8-3-5-9(6-4-8)13(11,12)7-10-2/h3-7H,2H2,1H3/q-1. The molecule has 3 nitrogen and oxygen atoms in total. The monoisotopic (exact) mass is 196 g/mol. The molecule has 0 radical (unpaired) electrons. The molecule has 0 amide bonds. The molecule has 0 bridgehead atoms. The van der Waals surface area contributed by atoms with Crippen LogP contribution in [0.15, 0.2) is 34.2 Å². The van der Waals surface area contributed by atoms with Crippen LogP contribution in [0.2, 0.25) is 0 Å². The Bertz CT molecular complexity index is 392. The normalized spacial score (nSPS) is 10.8. The summed E-state index contributed by atoms with van der Waals surface area (Å²) < 4.78 is 22.7. The van der Waals surface area contributed by atoms with Crippen LogP contribution in [0.5, 0.6) is 0 Å². The quantitative estimate of drug-likeness (QED) is 0.544. The maximum absolute atomic E-state index is 11.4. The molecule has 1 aromatic rings. The van der Waals surface area contributed by atoms with Crippen molar-refractivity contribution in [3.63, 3.8) is 0 Å². The van der Waals surface area contributed by atoms with Gasteiger partial charge in [-0.3, -0.25) is 0 Å². The van der Waals surface area contributed by atoms with Crippen LogP contribution in [0.3, 0.4) is 0 Å². The van der Waals surface area contributed by atoms with Crippen LogP contribution in [-0.4, -0.2) is 15.1 Å². The van der Waals surface area contributed by atoms with Gasteiger partial charge in [-0.1, -0.05) is 17.7 Å². The van der Waals surface area contributed by atoms with E-state index in [-0.39, 0.29) is 4.90 Å². The van der Waals surface area contributed by atoms with Gasteiger partial charge in [-0.25, -0.2) is 8.42 Å². The number of sulfone groups is 1. The number of nitrogens with zero attached hydrogens (tertiary/aromatic N) is 1. The number of aliphatic imine (C=N–C) groups is 1. The zero-order valence-electron chi connectivity index (χ0n) is 7.27. The molecule has 0 aromatic heterocycles. The van der Waals surface area contributed by atoms with Gasteiger partial charge in [-0.15, -0.1) is 0 Å². The van der Waals surface area contributed by atoms with E-state index in [1.165, 1.54) is 0 Å². The summed E-state index contributed by atoms with van der Waals surface area (Å²) in [5.74, 6) is 0.845. The summed E-state index contributed by atoms with van der Waals surface area (Å²) in [6.45, 7) is 5.00. The van der Waals surface area contributed by atoms with Crippen LogP contribution in [0.4, 0.5) is 0 Å². The number of hydrogen-bond donors (Lipinski definition) is 0. The van der Waals surface area contributed by atoms with Crippen LogP contribution in [0, 0.1) is 12.8 Å². The van der Waals surface area contributed by atoms with Crippen LogP contribution in [0.25, 0.3) is 0 Å². The van der Waals surface area contributed by atoms with E-state index in [0.29, 0.717) is 0 Å². The molecule has 0 N–H and O–H groups in total. The lowest BCUT2D eigenvalue weighted by Crippen LogP contribution is -1.99. The number of benzene rings is 1. The van der Waals surface area contributed by atoms with Crippen LogP contribution < -0.4 is 0 Å². The fraction of sp³-hybridized carbons (Fsp3) is 0.111. The largest absolute Gasteiger partial charge is 0.446 e.